The van der Waals surface area contributed by atoms with Gasteiger partial charge in [-0.1, -0.05) is 24.4 Å². The van der Waals surface area contributed by atoms with Gasteiger partial charge in [-0.3, -0.25) is 0 Å². The fourth-order valence-corrected chi connectivity index (χ4v) is 2.32. The molecule has 0 aliphatic carbocycles. The summed E-state index contributed by atoms with van der Waals surface area (Å²) in [7, 11) is 0. The highest BCUT2D eigenvalue weighted by Crippen LogP contribution is 2.14. The van der Waals surface area contributed by atoms with Gasteiger partial charge in [-0.05, 0) is 24.6 Å². The molecule has 1 aliphatic rings. The molecule has 4 heteroatoms. The number of hydrogen-bond acceptors (Lipinski definition) is 3. The largest absolute Gasteiger partial charge is 0.494 e. The number of benzene rings is 1. The van der Waals surface area contributed by atoms with E-state index in [0.29, 0.717) is 6.61 Å². The number of morpholine rings is 1. The van der Waals surface area contributed by atoms with Crippen molar-refractivity contribution >= 4 is 17.2 Å². The standard InChI is InChI=1S/C14H19NO2S/c1-2-17-13-5-3-12(4-6-13)11-14(18)15-7-9-16-10-8-15/h3-6H,2,7-11H2,1H3. The van der Waals surface area contributed by atoms with Crippen LogP contribution in [0.1, 0.15) is 12.5 Å². The van der Waals surface area contributed by atoms with Gasteiger partial charge in [0.15, 0.2) is 0 Å². The van der Waals surface area contributed by atoms with Gasteiger partial charge in [-0.25, -0.2) is 0 Å². The van der Waals surface area contributed by atoms with Gasteiger partial charge in [0.2, 0.25) is 0 Å². The molecule has 1 aromatic carbocycles. The highest BCUT2D eigenvalue weighted by molar-refractivity contribution is 7.80. The second-order valence-electron chi connectivity index (χ2n) is 4.25. The van der Waals surface area contributed by atoms with Crippen LogP contribution in [0.4, 0.5) is 0 Å². The van der Waals surface area contributed by atoms with Crippen LogP contribution < -0.4 is 4.74 Å². The molecule has 1 aliphatic heterocycles. The van der Waals surface area contributed by atoms with Gasteiger partial charge in [0, 0.05) is 19.5 Å². The molecule has 0 aromatic heterocycles. The van der Waals surface area contributed by atoms with Crippen molar-refractivity contribution in [2.75, 3.05) is 32.9 Å². The summed E-state index contributed by atoms with van der Waals surface area (Å²) < 4.78 is 10.7. The molecule has 3 nitrogen and oxygen atoms in total. The Labute approximate surface area is 114 Å². The van der Waals surface area contributed by atoms with Crippen molar-refractivity contribution in [3.63, 3.8) is 0 Å². The zero-order valence-corrected chi connectivity index (χ0v) is 11.5. The number of rotatable bonds is 4. The number of hydrogen-bond donors (Lipinski definition) is 0. The van der Waals surface area contributed by atoms with Crippen molar-refractivity contribution in [1.29, 1.82) is 0 Å². The molecule has 0 unspecified atom stereocenters. The maximum absolute atomic E-state index is 5.48. The van der Waals surface area contributed by atoms with Crippen molar-refractivity contribution in [1.82, 2.24) is 4.90 Å². The van der Waals surface area contributed by atoms with Crippen molar-refractivity contribution in [3.05, 3.63) is 29.8 Å². The first kappa shape index (κ1) is 13.3. The molecule has 1 aromatic rings. The summed E-state index contributed by atoms with van der Waals surface area (Å²) in [4.78, 5) is 3.23. The Morgan fingerprint density at radius 1 is 1.28 bits per heavy atom. The summed E-state index contributed by atoms with van der Waals surface area (Å²) in [5, 5.41) is 0. The molecule has 0 saturated carbocycles. The molecule has 0 atom stereocenters. The molecule has 1 fully saturated rings. The molecule has 0 N–H and O–H groups in total. The van der Waals surface area contributed by atoms with Gasteiger partial charge in [0.1, 0.15) is 5.75 Å². The Hall–Kier alpha value is -1.13. The Morgan fingerprint density at radius 3 is 2.56 bits per heavy atom. The van der Waals surface area contributed by atoms with Crippen LogP contribution in [-0.2, 0) is 11.2 Å². The summed E-state index contributed by atoms with van der Waals surface area (Å²) in [5.74, 6) is 0.915. The first-order valence-electron chi connectivity index (χ1n) is 6.37. The van der Waals surface area contributed by atoms with Crippen LogP contribution in [-0.4, -0.2) is 42.8 Å². The maximum Gasteiger partial charge on any atom is 0.119 e. The van der Waals surface area contributed by atoms with E-state index >= 15 is 0 Å². The molecule has 98 valence electrons. The van der Waals surface area contributed by atoms with E-state index in [-0.39, 0.29) is 0 Å². The van der Waals surface area contributed by atoms with Crippen LogP contribution >= 0.6 is 12.2 Å². The lowest BCUT2D eigenvalue weighted by Crippen LogP contribution is -2.40. The zero-order chi connectivity index (χ0) is 12.8. The van der Waals surface area contributed by atoms with Crippen LogP contribution in [0.2, 0.25) is 0 Å². The minimum absolute atomic E-state index is 0.700. The molecular formula is C14H19NO2S. The molecule has 1 saturated heterocycles. The minimum Gasteiger partial charge on any atom is -0.494 e. The number of ether oxygens (including phenoxy) is 2. The second-order valence-corrected chi connectivity index (χ2v) is 4.72. The number of thiocarbonyl (C=S) groups is 1. The van der Waals surface area contributed by atoms with E-state index in [4.69, 9.17) is 21.7 Å². The predicted octanol–water partition coefficient (Wildman–Crippen LogP) is 2.29. The van der Waals surface area contributed by atoms with E-state index in [2.05, 4.69) is 17.0 Å². The summed E-state index contributed by atoms with van der Waals surface area (Å²) in [6, 6.07) is 8.16. The molecule has 0 spiro atoms. The van der Waals surface area contributed by atoms with Crippen LogP contribution in [0.5, 0.6) is 5.75 Å². The highest BCUT2D eigenvalue weighted by Gasteiger charge is 2.13. The minimum atomic E-state index is 0.700. The summed E-state index contributed by atoms with van der Waals surface area (Å²) in [6.07, 6.45) is 0.821. The molecule has 2 rings (SSSR count). The average Bonchev–Trinajstić information content (AvgIpc) is 2.42. The molecule has 0 radical (unpaired) electrons. The van der Waals surface area contributed by atoms with Gasteiger partial charge in [-0.2, -0.15) is 0 Å². The number of nitrogens with zero attached hydrogens (tertiary/aromatic N) is 1. The van der Waals surface area contributed by atoms with E-state index in [1.54, 1.807) is 0 Å². The van der Waals surface area contributed by atoms with Gasteiger partial charge in [0.05, 0.1) is 24.8 Å². The first-order chi connectivity index (χ1) is 8.79. The van der Waals surface area contributed by atoms with E-state index < -0.39 is 0 Å². The summed E-state index contributed by atoms with van der Waals surface area (Å²) in [6.45, 7) is 6.07. The second kappa shape index (κ2) is 6.71. The average molecular weight is 265 g/mol. The fraction of sp³-hybridized carbons (Fsp3) is 0.500. The lowest BCUT2D eigenvalue weighted by atomic mass is 10.1. The Balaban J connectivity index is 1.89. The van der Waals surface area contributed by atoms with E-state index in [1.165, 1.54) is 5.56 Å². The van der Waals surface area contributed by atoms with Crippen molar-refractivity contribution in [2.24, 2.45) is 0 Å². The van der Waals surface area contributed by atoms with Crippen molar-refractivity contribution in [2.45, 2.75) is 13.3 Å². The summed E-state index contributed by atoms with van der Waals surface area (Å²) in [5.41, 5.74) is 1.23. The van der Waals surface area contributed by atoms with Crippen LogP contribution in [0.3, 0.4) is 0 Å². The Kier molecular flexibility index (Phi) is 4.96. The van der Waals surface area contributed by atoms with Crippen LogP contribution in [0, 0.1) is 0 Å². The third-order valence-corrected chi connectivity index (χ3v) is 3.36. The van der Waals surface area contributed by atoms with Crippen LogP contribution in [0.25, 0.3) is 0 Å². The smallest absolute Gasteiger partial charge is 0.119 e. The van der Waals surface area contributed by atoms with Gasteiger partial charge < -0.3 is 14.4 Å². The Bertz CT molecular complexity index is 385. The molecular weight excluding hydrogens is 246 g/mol. The lowest BCUT2D eigenvalue weighted by Gasteiger charge is -2.29. The monoisotopic (exact) mass is 265 g/mol. The Morgan fingerprint density at radius 2 is 1.94 bits per heavy atom. The SMILES string of the molecule is CCOc1ccc(CC(=S)N2CCOCC2)cc1. The van der Waals surface area contributed by atoms with Crippen molar-refractivity contribution < 1.29 is 9.47 Å². The van der Waals surface area contributed by atoms with Gasteiger partial charge >= 0.3 is 0 Å². The van der Waals surface area contributed by atoms with Gasteiger partial charge in [-0.15, -0.1) is 0 Å². The van der Waals surface area contributed by atoms with Crippen molar-refractivity contribution in [3.8, 4) is 5.75 Å². The van der Waals surface area contributed by atoms with Crippen LogP contribution in [0.15, 0.2) is 24.3 Å². The third-order valence-electron chi connectivity index (χ3n) is 2.95. The summed E-state index contributed by atoms with van der Waals surface area (Å²) >= 11 is 5.48. The lowest BCUT2D eigenvalue weighted by molar-refractivity contribution is 0.0685. The quantitative estimate of drug-likeness (QED) is 0.779. The van der Waals surface area contributed by atoms with E-state index in [0.717, 1.165) is 43.5 Å². The molecule has 18 heavy (non-hydrogen) atoms. The predicted molar refractivity (Wildman–Crippen MR) is 76.3 cm³/mol. The zero-order valence-electron chi connectivity index (χ0n) is 10.7. The highest BCUT2D eigenvalue weighted by atomic mass is 32.1. The van der Waals surface area contributed by atoms with E-state index in [9.17, 15) is 0 Å². The molecule has 0 amide bonds. The normalized spacial score (nSPS) is 15.5. The third kappa shape index (κ3) is 3.68. The topological polar surface area (TPSA) is 21.7 Å². The molecule has 1 heterocycles. The first-order valence-corrected chi connectivity index (χ1v) is 6.77. The fourth-order valence-electron chi connectivity index (χ4n) is 1.97. The van der Waals surface area contributed by atoms with Gasteiger partial charge in [0.25, 0.3) is 0 Å². The molecule has 0 bridgehead atoms. The van der Waals surface area contributed by atoms with E-state index in [1.807, 2.05) is 19.1 Å². The maximum atomic E-state index is 5.48.